The summed E-state index contributed by atoms with van der Waals surface area (Å²) in [5.74, 6) is -0.0170. The van der Waals surface area contributed by atoms with Crippen LogP contribution in [0.4, 0.5) is 0 Å². The van der Waals surface area contributed by atoms with E-state index in [9.17, 15) is 9.59 Å². The van der Waals surface area contributed by atoms with E-state index in [1.54, 1.807) is 7.05 Å². The van der Waals surface area contributed by atoms with Crippen molar-refractivity contribution >= 4 is 29.2 Å². The first-order valence-corrected chi connectivity index (χ1v) is 14.3. The van der Waals surface area contributed by atoms with E-state index in [0.29, 0.717) is 29.9 Å². The third-order valence-electron chi connectivity index (χ3n) is 7.16. The van der Waals surface area contributed by atoms with Gasteiger partial charge >= 0.3 is 5.97 Å². The number of carbonyl (C=O) groups is 2. The number of hydrogen-bond acceptors (Lipinski definition) is 7. The minimum Gasteiger partial charge on any atom is -0.475 e. The highest BCUT2D eigenvalue weighted by molar-refractivity contribution is 6.99. The van der Waals surface area contributed by atoms with Crippen LogP contribution in [0.3, 0.4) is 0 Å². The van der Waals surface area contributed by atoms with Crippen LogP contribution >= 0.6 is 11.7 Å². The van der Waals surface area contributed by atoms with Gasteiger partial charge < -0.3 is 20.1 Å². The number of carbonyl (C=O) groups excluding carboxylic acids is 2. The molecular formula is C28H43N5O4S+2. The molecule has 10 heteroatoms. The number of esters is 1. The van der Waals surface area contributed by atoms with Crippen LogP contribution in [0.2, 0.25) is 0 Å². The van der Waals surface area contributed by atoms with Crippen molar-refractivity contribution in [3.05, 3.63) is 47.7 Å². The molecule has 0 bridgehead atoms. The fourth-order valence-electron chi connectivity index (χ4n) is 4.64. The van der Waals surface area contributed by atoms with Gasteiger partial charge in [-0.2, -0.15) is 4.37 Å². The van der Waals surface area contributed by atoms with E-state index in [4.69, 9.17) is 9.47 Å². The summed E-state index contributed by atoms with van der Waals surface area (Å²) in [7, 11) is 3.70. The normalized spacial score (nSPS) is 18.8. The van der Waals surface area contributed by atoms with Crippen LogP contribution in [0.15, 0.2) is 36.4 Å². The van der Waals surface area contributed by atoms with Crippen molar-refractivity contribution in [1.29, 1.82) is 0 Å². The number of quaternary nitrogens is 2. The maximum atomic E-state index is 12.8. The third kappa shape index (κ3) is 8.34. The van der Waals surface area contributed by atoms with Gasteiger partial charge in [0.1, 0.15) is 18.8 Å². The molecular weight excluding hydrogens is 502 g/mol. The third-order valence-corrected chi connectivity index (χ3v) is 7.67. The van der Waals surface area contributed by atoms with Gasteiger partial charge in [0.05, 0.1) is 31.9 Å². The van der Waals surface area contributed by atoms with Crippen molar-refractivity contribution in [2.75, 3.05) is 40.3 Å². The number of aromatic nitrogens is 2. The molecule has 3 rings (SSSR count). The van der Waals surface area contributed by atoms with Gasteiger partial charge in [0.15, 0.2) is 6.04 Å². The molecule has 1 aliphatic rings. The molecule has 3 atom stereocenters. The van der Waals surface area contributed by atoms with Gasteiger partial charge in [-0.1, -0.05) is 62.6 Å². The highest BCUT2D eigenvalue weighted by atomic mass is 32.1. The molecule has 38 heavy (non-hydrogen) atoms. The summed E-state index contributed by atoms with van der Waals surface area (Å²) in [5, 5.41) is 0. The summed E-state index contributed by atoms with van der Waals surface area (Å²) in [6.45, 7) is 6.10. The van der Waals surface area contributed by atoms with Gasteiger partial charge in [0.25, 0.3) is 11.8 Å². The minimum absolute atomic E-state index is 0.112. The lowest BCUT2D eigenvalue weighted by Gasteiger charge is -2.41. The topological polar surface area (TPSA) is 109 Å². The fraction of sp³-hybridized carbons (Fsp3) is 0.571. The number of benzene rings is 1. The van der Waals surface area contributed by atoms with Crippen molar-refractivity contribution in [1.82, 2.24) is 13.6 Å². The smallest absolute Gasteiger partial charge is 0.330 e. The lowest BCUT2D eigenvalue weighted by molar-refractivity contribution is -0.944. The van der Waals surface area contributed by atoms with Gasteiger partial charge in [-0.3, -0.25) is 9.28 Å². The van der Waals surface area contributed by atoms with Crippen LogP contribution in [-0.2, 0) is 20.7 Å². The zero-order chi connectivity index (χ0) is 27.5. The molecule has 0 saturated carbocycles. The van der Waals surface area contributed by atoms with Crippen molar-refractivity contribution in [3.63, 3.8) is 0 Å². The Labute approximate surface area is 230 Å². The monoisotopic (exact) mass is 545 g/mol. The molecule has 2 aromatic rings. The van der Waals surface area contributed by atoms with E-state index in [0.717, 1.165) is 54.4 Å². The average Bonchev–Trinajstić information content (AvgIpc) is 3.37. The molecule has 0 saturated heterocycles. The number of unbranched alkanes of at least 4 members (excludes halogenated alkanes) is 3. The molecule has 2 heterocycles. The van der Waals surface area contributed by atoms with Gasteiger partial charge in [0, 0.05) is 32.4 Å². The largest absolute Gasteiger partial charge is 0.475 e. The van der Waals surface area contributed by atoms with Crippen LogP contribution < -0.4 is 10.5 Å². The predicted molar refractivity (Wildman–Crippen MR) is 148 cm³/mol. The van der Waals surface area contributed by atoms with Crippen molar-refractivity contribution < 1.29 is 29.3 Å². The number of likely N-dealkylation sites (N-methyl/N-ethyl adjacent to an activating group) is 2. The van der Waals surface area contributed by atoms with Crippen LogP contribution in [0.1, 0.15) is 57.2 Å². The molecule has 1 aromatic carbocycles. The van der Waals surface area contributed by atoms with Crippen LogP contribution in [0.25, 0.3) is 5.57 Å². The lowest BCUT2D eigenvalue weighted by Crippen LogP contribution is -2.68. The maximum Gasteiger partial charge on any atom is 0.330 e. The van der Waals surface area contributed by atoms with Gasteiger partial charge in [0.2, 0.25) is 6.23 Å². The second-order valence-corrected chi connectivity index (χ2v) is 10.9. The molecule has 0 radical (unpaired) electrons. The molecule has 1 aliphatic heterocycles. The quantitative estimate of drug-likeness (QED) is 0.222. The zero-order valence-electron chi connectivity index (χ0n) is 23.2. The Morgan fingerprint density at radius 2 is 1.95 bits per heavy atom. The first-order valence-electron chi connectivity index (χ1n) is 13.5. The van der Waals surface area contributed by atoms with Gasteiger partial charge in [-0.25, -0.2) is 4.79 Å². The molecule has 0 fully saturated rings. The first kappa shape index (κ1) is 29.7. The van der Waals surface area contributed by atoms with E-state index in [-0.39, 0.29) is 18.7 Å². The summed E-state index contributed by atoms with van der Waals surface area (Å²) >= 11 is 1.16. The summed E-state index contributed by atoms with van der Waals surface area (Å²) in [5.41, 5.74) is 6.90. The van der Waals surface area contributed by atoms with Crippen LogP contribution in [0, 0.1) is 0 Å². The van der Waals surface area contributed by atoms with Crippen molar-refractivity contribution in [2.45, 2.75) is 64.6 Å². The number of hydrogen-bond donors (Lipinski definition) is 1. The number of amides is 1. The summed E-state index contributed by atoms with van der Waals surface area (Å²) < 4.78 is 21.2. The Bertz CT molecular complexity index is 1080. The SMILES string of the molecule is CCCCCCOc1nsnc1C1=CCC[N+](C)(C(C)OC(=O)CN(C)C(=O)[C@@H]([NH3+])Cc2ccccc2)C1. The fourth-order valence-corrected chi connectivity index (χ4v) is 5.17. The van der Waals surface area contributed by atoms with E-state index in [1.807, 2.05) is 37.3 Å². The Balaban J connectivity index is 1.52. The van der Waals surface area contributed by atoms with Crippen molar-refractivity contribution in [3.8, 4) is 5.88 Å². The van der Waals surface area contributed by atoms with Crippen LogP contribution in [0.5, 0.6) is 5.88 Å². The Hall–Kier alpha value is -2.82. The van der Waals surface area contributed by atoms with Gasteiger partial charge in [-0.05, 0) is 12.0 Å². The first-order chi connectivity index (χ1) is 18.2. The zero-order valence-corrected chi connectivity index (χ0v) is 24.0. The maximum absolute atomic E-state index is 12.8. The second-order valence-electron chi connectivity index (χ2n) is 10.4. The Kier molecular flexibility index (Phi) is 11.2. The van der Waals surface area contributed by atoms with Crippen molar-refractivity contribution in [2.24, 2.45) is 0 Å². The summed E-state index contributed by atoms with van der Waals surface area (Å²) in [6, 6.07) is 9.28. The molecule has 3 N–H and O–H groups in total. The van der Waals surface area contributed by atoms with Crippen LogP contribution in [-0.4, -0.2) is 82.6 Å². The molecule has 0 spiro atoms. The Morgan fingerprint density at radius 3 is 2.68 bits per heavy atom. The number of rotatable bonds is 14. The van der Waals surface area contributed by atoms with Gasteiger partial charge in [-0.15, -0.1) is 4.37 Å². The molecule has 1 aromatic heterocycles. The highest BCUT2D eigenvalue weighted by Gasteiger charge is 2.37. The minimum atomic E-state index is -0.471. The lowest BCUT2D eigenvalue weighted by atomic mass is 10.0. The standard InChI is InChI=1S/C28H42N5O4S/c1-5-6-7-11-17-36-27-26(30-38-31-27)23-15-12-16-33(4,20-23)21(2)37-25(34)19-32(3)28(35)24(29)18-22-13-9-8-10-14-22/h8-10,13-15,21,24H,5-7,11-12,16-20,29H2,1-4H3/q+1/p+1/t21?,24-,33?/m0/s1. The molecule has 1 amide bonds. The summed E-state index contributed by atoms with van der Waals surface area (Å²) in [6.07, 6.45) is 7.69. The highest BCUT2D eigenvalue weighted by Crippen LogP contribution is 2.31. The predicted octanol–water partition coefficient (Wildman–Crippen LogP) is 2.93. The molecule has 0 aliphatic carbocycles. The molecule has 9 nitrogen and oxygen atoms in total. The van der Waals surface area contributed by atoms with E-state index in [2.05, 4.69) is 34.5 Å². The van der Waals surface area contributed by atoms with E-state index in [1.165, 1.54) is 17.7 Å². The summed E-state index contributed by atoms with van der Waals surface area (Å²) in [4.78, 5) is 27.0. The average molecular weight is 546 g/mol. The number of ether oxygens (including phenoxy) is 2. The molecule has 2 unspecified atom stereocenters. The number of nitrogens with zero attached hydrogens (tertiary/aromatic N) is 4. The van der Waals surface area contributed by atoms with E-state index >= 15 is 0 Å². The Morgan fingerprint density at radius 1 is 1.18 bits per heavy atom. The second kappa shape index (κ2) is 14.4. The molecule has 208 valence electrons. The van der Waals surface area contributed by atoms with E-state index < -0.39 is 12.0 Å².